The van der Waals surface area contributed by atoms with Crippen molar-refractivity contribution < 1.29 is 73.8 Å². The zero-order valence-electron chi connectivity index (χ0n) is 41.1. The molecule has 2 saturated heterocycles. The van der Waals surface area contributed by atoms with Crippen LogP contribution in [0.15, 0.2) is 72.9 Å². The van der Waals surface area contributed by atoms with Crippen molar-refractivity contribution in [2.75, 3.05) is 26.4 Å². The van der Waals surface area contributed by atoms with Crippen LogP contribution in [0.2, 0.25) is 0 Å². The van der Waals surface area contributed by atoms with Gasteiger partial charge in [0.15, 0.2) is 18.7 Å². The van der Waals surface area contributed by atoms with E-state index in [1.807, 2.05) is 12.2 Å². The van der Waals surface area contributed by atoms with Crippen LogP contribution in [0.4, 0.5) is 0 Å². The van der Waals surface area contributed by atoms with Crippen molar-refractivity contribution in [3.05, 3.63) is 72.9 Å². The van der Waals surface area contributed by atoms with Crippen molar-refractivity contribution in [3.63, 3.8) is 0 Å². The Balaban J connectivity index is 1.83. The molecule has 0 aliphatic carbocycles. The third-order valence-corrected chi connectivity index (χ3v) is 11.7. The molecule has 2 aliphatic rings. The fraction of sp³-hybridized carbons (Fsp3) is 0.736. The zero-order chi connectivity index (χ0) is 49.6. The Kier molecular flexibility index (Phi) is 35.6. The summed E-state index contributed by atoms with van der Waals surface area (Å²) < 4.78 is 33.5. The van der Waals surface area contributed by atoms with E-state index in [0.717, 1.165) is 77.0 Å². The molecule has 68 heavy (non-hydrogen) atoms. The summed E-state index contributed by atoms with van der Waals surface area (Å²) in [5.74, 6) is -1.03. The largest absolute Gasteiger partial charge is 0.462 e. The molecule has 2 fully saturated rings. The number of rotatable bonds is 38. The van der Waals surface area contributed by atoms with E-state index < -0.39 is 99.3 Å². The minimum absolute atomic E-state index is 0.0523. The highest BCUT2D eigenvalue weighted by atomic mass is 16.7. The number of hydrogen-bond acceptors (Lipinski definition) is 15. The first-order valence-electron chi connectivity index (χ1n) is 25.5. The van der Waals surface area contributed by atoms with Gasteiger partial charge in [-0.3, -0.25) is 9.59 Å². The Bertz CT molecular complexity index is 1460. The van der Waals surface area contributed by atoms with Crippen molar-refractivity contribution in [1.29, 1.82) is 0 Å². The molecule has 7 N–H and O–H groups in total. The van der Waals surface area contributed by atoms with Gasteiger partial charge in [-0.15, -0.1) is 0 Å². The Hall–Kier alpha value is -3.06. The van der Waals surface area contributed by atoms with E-state index in [4.69, 9.17) is 28.4 Å². The van der Waals surface area contributed by atoms with Gasteiger partial charge in [-0.05, 0) is 70.6 Å². The van der Waals surface area contributed by atoms with E-state index in [1.165, 1.54) is 38.5 Å². The molecular formula is C53H88O15. The number of carbonyl (C=O) groups is 2. The van der Waals surface area contributed by atoms with E-state index in [2.05, 4.69) is 74.6 Å². The molecule has 0 amide bonds. The second kappa shape index (κ2) is 39.6. The molecule has 0 radical (unpaired) electrons. The van der Waals surface area contributed by atoms with Crippen LogP contribution in [0.25, 0.3) is 0 Å². The Labute approximate surface area is 406 Å². The molecule has 0 aromatic rings. The van der Waals surface area contributed by atoms with Gasteiger partial charge in [0.2, 0.25) is 0 Å². The summed E-state index contributed by atoms with van der Waals surface area (Å²) in [7, 11) is 0. The van der Waals surface area contributed by atoms with E-state index in [0.29, 0.717) is 12.8 Å². The predicted molar refractivity (Wildman–Crippen MR) is 261 cm³/mol. The van der Waals surface area contributed by atoms with Gasteiger partial charge < -0.3 is 64.2 Å². The Morgan fingerprint density at radius 1 is 0.485 bits per heavy atom. The van der Waals surface area contributed by atoms with Gasteiger partial charge in [-0.25, -0.2) is 0 Å². The van der Waals surface area contributed by atoms with Crippen LogP contribution in [0.5, 0.6) is 0 Å². The highest BCUT2D eigenvalue weighted by Crippen LogP contribution is 2.26. The second-order valence-electron chi connectivity index (χ2n) is 17.6. The highest BCUT2D eigenvalue weighted by Gasteiger charge is 2.47. The number of carbonyl (C=O) groups excluding carboxylic acids is 2. The number of unbranched alkanes of at least 4 members (excludes halogenated alkanes) is 12. The van der Waals surface area contributed by atoms with Gasteiger partial charge in [0.25, 0.3) is 0 Å². The summed E-state index contributed by atoms with van der Waals surface area (Å²) in [5, 5.41) is 72.0. The lowest BCUT2D eigenvalue weighted by molar-refractivity contribution is -0.332. The molecule has 11 atom stereocenters. The molecule has 15 nitrogen and oxygen atoms in total. The standard InChI is InChI=1S/C53H88O15/c1-3-5-7-9-11-13-15-17-18-19-20-21-22-24-25-27-29-31-33-35-44(55)63-38-41(66-45(56)36-34-32-30-28-26-23-16-14-12-10-8-6-4-2)39-64-52-51(62)49(60)47(58)43(68-52)40-65-53-50(61)48(59)46(57)42(37-54)67-53/h5,7,11,13,17-18,20-21,23,26,30,32,41-43,46-54,57-62H,3-4,6,8-10,12,14-16,19,22,24-25,27-29,31,33-40H2,1-2H3/b7-5+,13-11+,18-17+,21-20+,26-23+,32-30+/t41?,42-,43-,46+,47+,48?,49?,50?,51?,52-,53-/m1/s1. The van der Waals surface area contributed by atoms with E-state index in [1.54, 1.807) is 0 Å². The van der Waals surface area contributed by atoms with Crippen molar-refractivity contribution in [1.82, 2.24) is 0 Å². The first-order chi connectivity index (χ1) is 33.0. The summed E-state index contributed by atoms with van der Waals surface area (Å²) in [6, 6.07) is 0. The van der Waals surface area contributed by atoms with Gasteiger partial charge >= 0.3 is 11.9 Å². The molecule has 5 unspecified atom stereocenters. The molecule has 0 aromatic carbocycles. The lowest BCUT2D eigenvalue weighted by atomic mass is 9.98. The topological polar surface area (TPSA) is 231 Å². The monoisotopic (exact) mass is 965 g/mol. The van der Waals surface area contributed by atoms with Gasteiger partial charge in [-0.2, -0.15) is 0 Å². The van der Waals surface area contributed by atoms with Gasteiger partial charge in [0.1, 0.15) is 55.4 Å². The molecule has 2 aliphatic heterocycles. The molecule has 0 spiro atoms. The minimum atomic E-state index is -1.78. The number of aliphatic hydroxyl groups is 7. The number of ether oxygens (including phenoxy) is 6. The average Bonchev–Trinajstić information content (AvgIpc) is 3.33. The normalized spacial score (nSPS) is 26.4. The third kappa shape index (κ3) is 27.4. The fourth-order valence-electron chi connectivity index (χ4n) is 7.49. The van der Waals surface area contributed by atoms with Gasteiger partial charge in [-0.1, -0.05) is 145 Å². The quantitative estimate of drug-likeness (QED) is 0.0187. The number of allylic oxidation sites excluding steroid dienone is 12. The van der Waals surface area contributed by atoms with Crippen LogP contribution in [0.1, 0.15) is 155 Å². The SMILES string of the molecule is CC/C=C/C/C=C/C/C=C/C/C=C/CCCCCCCCC(=O)OCC(CO[C@@H]1O[C@H](CO[C@@H]2O[C@H](CO)[C@H](O)C(O)C2O)[C@H](O)C(O)C1O)OC(=O)CC/C=C/C/C=C/CCCCCCCC. The first kappa shape index (κ1) is 61.1. The molecule has 15 heteroatoms. The average molecular weight is 965 g/mol. The van der Waals surface area contributed by atoms with Crippen molar-refractivity contribution >= 4 is 11.9 Å². The molecule has 0 bridgehead atoms. The van der Waals surface area contributed by atoms with E-state index in [9.17, 15) is 45.3 Å². The summed E-state index contributed by atoms with van der Waals surface area (Å²) >= 11 is 0. The summed E-state index contributed by atoms with van der Waals surface area (Å²) in [6.07, 6.45) is 29.5. The molecule has 0 aromatic heterocycles. The van der Waals surface area contributed by atoms with E-state index in [-0.39, 0.29) is 19.4 Å². The lowest BCUT2D eigenvalue weighted by Gasteiger charge is -2.42. The minimum Gasteiger partial charge on any atom is -0.462 e. The molecule has 2 heterocycles. The van der Waals surface area contributed by atoms with Crippen LogP contribution < -0.4 is 0 Å². The smallest absolute Gasteiger partial charge is 0.306 e. The van der Waals surface area contributed by atoms with Gasteiger partial charge in [0.05, 0.1) is 19.8 Å². The Morgan fingerprint density at radius 3 is 1.51 bits per heavy atom. The molecule has 0 saturated carbocycles. The van der Waals surface area contributed by atoms with Crippen LogP contribution in [0.3, 0.4) is 0 Å². The number of esters is 2. The summed E-state index contributed by atoms with van der Waals surface area (Å²) in [6.45, 7) is 2.37. The van der Waals surface area contributed by atoms with Gasteiger partial charge in [0, 0.05) is 12.8 Å². The Morgan fingerprint density at radius 2 is 0.956 bits per heavy atom. The molecule has 2 rings (SSSR count). The number of hydrogen-bond donors (Lipinski definition) is 7. The van der Waals surface area contributed by atoms with Crippen LogP contribution in [-0.4, -0.2) is 142 Å². The van der Waals surface area contributed by atoms with Crippen molar-refractivity contribution in [2.24, 2.45) is 0 Å². The maximum absolute atomic E-state index is 12.9. The third-order valence-electron chi connectivity index (χ3n) is 11.7. The second-order valence-corrected chi connectivity index (χ2v) is 17.6. The summed E-state index contributed by atoms with van der Waals surface area (Å²) in [5.41, 5.74) is 0. The number of aliphatic hydroxyl groups excluding tert-OH is 7. The van der Waals surface area contributed by atoms with Crippen LogP contribution in [0, 0.1) is 0 Å². The fourth-order valence-corrected chi connectivity index (χ4v) is 7.49. The predicted octanol–water partition coefficient (Wildman–Crippen LogP) is 7.04. The van der Waals surface area contributed by atoms with Crippen LogP contribution >= 0.6 is 0 Å². The van der Waals surface area contributed by atoms with Crippen LogP contribution in [-0.2, 0) is 38.0 Å². The maximum Gasteiger partial charge on any atom is 0.306 e. The van der Waals surface area contributed by atoms with Crippen molar-refractivity contribution in [2.45, 2.75) is 223 Å². The lowest BCUT2D eigenvalue weighted by Crippen LogP contribution is -2.61. The molecular weight excluding hydrogens is 877 g/mol. The highest BCUT2D eigenvalue weighted by molar-refractivity contribution is 5.70. The van der Waals surface area contributed by atoms with Crippen molar-refractivity contribution in [3.8, 4) is 0 Å². The van der Waals surface area contributed by atoms with E-state index >= 15 is 0 Å². The molecule has 390 valence electrons. The zero-order valence-corrected chi connectivity index (χ0v) is 41.1. The first-order valence-corrected chi connectivity index (χ1v) is 25.5. The maximum atomic E-state index is 12.9. The summed E-state index contributed by atoms with van der Waals surface area (Å²) in [4.78, 5) is 25.7.